The van der Waals surface area contributed by atoms with E-state index in [4.69, 9.17) is 0 Å². The van der Waals surface area contributed by atoms with Gasteiger partial charge in [-0.1, -0.05) is 42.5 Å². The van der Waals surface area contributed by atoms with Gasteiger partial charge in [-0.25, -0.2) is 4.98 Å². The second-order valence-electron chi connectivity index (χ2n) is 8.23. The molecule has 0 aliphatic carbocycles. The molecule has 2 N–H and O–H groups in total. The topological polar surface area (TPSA) is 109 Å². The van der Waals surface area contributed by atoms with Gasteiger partial charge in [0.05, 0.1) is 13.1 Å². The van der Waals surface area contributed by atoms with Crippen LogP contribution in [0.5, 0.6) is 0 Å². The Bertz CT molecular complexity index is 1100. The predicted molar refractivity (Wildman–Crippen MR) is 127 cm³/mol. The summed E-state index contributed by atoms with van der Waals surface area (Å²) in [7, 11) is 0. The molecular weight excluding hydrogens is 432 g/mol. The number of aromatic nitrogens is 3. The zero-order valence-electron chi connectivity index (χ0n) is 18.9. The van der Waals surface area contributed by atoms with Crippen molar-refractivity contribution in [3.63, 3.8) is 0 Å². The first-order chi connectivity index (χ1) is 16.6. The zero-order valence-corrected chi connectivity index (χ0v) is 18.9. The molecule has 2 heterocycles. The van der Waals surface area contributed by atoms with Crippen molar-refractivity contribution in [1.82, 2.24) is 30.3 Å². The molecule has 1 aliphatic rings. The molecule has 1 aromatic heterocycles. The quantitative estimate of drug-likeness (QED) is 0.533. The normalized spacial score (nSPS) is 16.1. The van der Waals surface area contributed by atoms with E-state index in [1.54, 1.807) is 23.1 Å². The third-order valence-corrected chi connectivity index (χ3v) is 5.80. The maximum absolute atomic E-state index is 13.1. The number of rotatable bonds is 8. The average molecular weight is 461 g/mol. The number of carbonyl (C=O) groups excluding carboxylic acids is 3. The van der Waals surface area contributed by atoms with Crippen molar-refractivity contribution in [2.75, 3.05) is 19.6 Å². The molecular formula is C25H28N6O3. The maximum Gasteiger partial charge on any atom is 0.251 e. The summed E-state index contributed by atoms with van der Waals surface area (Å²) in [6.45, 7) is 1.35. The monoisotopic (exact) mass is 460 g/mol. The Morgan fingerprint density at radius 2 is 1.76 bits per heavy atom. The zero-order chi connectivity index (χ0) is 23.8. The van der Waals surface area contributed by atoms with Crippen molar-refractivity contribution in [2.24, 2.45) is 0 Å². The molecule has 0 saturated carbocycles. The molecule has 1 unspecified atom stereocenters. The van der Waals surface area contributed by atoms with Gasteiger partial charge in [-0.3, -0.25) is 19.1 Å². The summed E-state index contributed by atoms with van der Waals surface area (Å²) in [5, 5.41) is 9.65. The van der Waals surface area contributed by atoms with Gasteiger partial charge in [-0.15, -0.1) is 0 Å². The minimum atomic E-state index is -0.647. The van der Waals surface area contributed by atoms with Crippen LogP contribution in [0.15, 0.2) is 67.3 Å². The van der Waals surface area contributed by atoms with Crippen LogP contribution in [0.25, 0.3) is 11.1 Å². The van der Waals surface area contributed by atoms with Gasteiger partial charge in [-0.05, 0) is 42.5 Å². The fourth-order valence-electron chi connectivity index (χ4n) is 3.97. The van der Waals surface area contributed by atoms with Crippen LogP contribution in [0.4, 0.5) is 0 Å². The molecule has 4 rings (SSSR count). The minimum Gasteiger partial charge on any atom is -0.353 e. The molecule has 1 aliphatic heterocycles. The van der Waals surface area contributed by atoms with Crippen molar-refractivity contribution in [3.05, 3.63) is 72.8 Å². The number of benzene rings is 2. The first kappa shape index (κ1) is 23.2. The third kappa shape index (κ3) is 6.06. The number of hydrogen-bond donors (Lipinski definition) is 2. The third-order valence-electron chi connectivity index (χ3n) is 5.80. The molecule has 1 atom stereocenters. The van der Waals surface area contributed by atoms with Crippen LogP contribution in [0.2, 0.25) is 0 Å². The van der Waals surface area contributed by atoms with Crippen LogP contribution in [-0.4, -0.2) is 63.1 Å². The SMILES string of the molecule is O=C(CN1CCCCC(NC(=O)c2ccc(-c3ccccc3)cc2)C1=O)NCCn1cncn1. The van der Waals surface area contributed by atoms with Gasteiger partial charge in [0, 0.05) is 18.7 Å². The molecule has 1 saturated heterocycles. The van der Waals surface area contributed by atoms with Crippen molar-refractivity contribution in [2.45, 2.75) is 31.8 Å². The summed E-state index contributed by atoms with van der Waals surface area (Å²) in [4.78, 5) is 43.6. The highest BCUT2D eigenvalue weighted by atomic mass is 16.2. The van der Waals surface area contributed by atoms with E-state index in [2.05, 4.69) is 20.7 Å². The van der Waals surface area contributed by atoms with Crippen molar-refractivity contribution in [1.29, 1.82) is 0 Å². The molecule has 1 fully saturated rings. The number of nitrogens with one attached hydrogen (secondary N) is 2. The second-order valence-corrected chi connectivity index (χ2v) is 8.23. The molecule has 9 heteroatoms. The van der Waals surface area contributed by atoms with Crippen LogP contribution in [0, 0.1) is 0 Å². The van der Waals surface area contributed by atoms with Crippen LogP contribution in [-0.2, 0) is 16.1 Å². The minimum absolute atomic E-state index is 0.0334. The molecule has 2 aromatic carbocycles. The number of likely N-dealkylation sites (tertiary alicyclic amines) is 1. The fraction of sp³-hybridized carbons (Fsp3) is 0.320. The molecule has 0 bridgehead atoms. The van der Waals surface area contributed by atoms with Crippen molar-refractivity contribution in [3.8, 4) is 11.1 Å². The first-order valence-electron chi connectivity index (χ1n) is 11.4. The van der Waals surface area contributed by atoms with E-state index >= 15 is 0 Å². The fourth-order valence-corrected chi connectivity index (χ4v) is 3.97. The average Bonchev–Trinajstić information content (AvgIpc) is 3.33. The van der Waals surface area contributed by atoms with Gasteiger partial charge < -0.3 is 15.5 Å². The van der Waals surface area contributed by atoms with E-state index in [1.807, 2.05) is 42.5 Å². The standard InChI is InChI=1S/C25H28N6O3/c32-23(27-13-15-31-18-26-17-28-31)16-30-14-5-4-8-22(25(30)34)29-24(33)21-11-9-20(10-12-21)19-6-2-1-3-7-19/h1-3,6-7,9-12,17-18,22H,4-5,8,13-16H2,(H,27,32)(H,29,33). The predicted octanol–water partition coefficient (Wildman–Crippen LogP) is 1.87. The Morgan fingerprint density at radius 3 is 2.50 bits per heavy atom. The molecule has 34 heavy (non-hydrogen) atoms. The van der Waals surface area contributed by atoms with E-state index in [0.717, 1.165) is 24.0 Å². The lowest BCUT2D eigenvalue weighted by Gasteiger charge is -2.24. The Labute approximate surface area is 198 Å². The Hall–Kier alpha value is -4.01. The van der Waals surface area contributed by atoms with E-state index in [-0.39, 0.29) is 24.3 Å². The van der Waals surface area contributed by atoms with Crippen LogP contribution < -0.4 is 10.6 Å². The summed E-state index contributed by atoms with van der Waals surface area (Å²) < 4.78 is 1.62. The highest BCUT2D eigenvalue weighted by molar-refractivity contribution is 5.98. The summed E-state index contributed by atoms with van der Waals surface area (Å²) in [6.07, 6.45) is 5.15. The lowest BCUT2D eigenvalue weighted by atomic mass is 10.0. The van der Waals surface area contributed by atoms with Crippen LogP contribution in [0.1, 0.15) is 29.6 Å². The molecule has 9 nitrogen and oxygen atoms in total. The highest BCUT2D eigenvalue weighted by Crippen LogP contribution is 2.19. The van der Waals surface area contributed by atoms with Gasteiger partial charge in [0.25, 0.3) is 5.91 Å². The smallest absolute Gasteiger partial charge is 0.251 e. The number of hydrogen-bond acceptors (Lipinski definition) is 5. The number of amides is 3. The van der Waals surface area contributed by atoms with E-state index < -0.39 is 6.04 Å². The van der Waals surface area contributed by atoms with Gasteiger partial charge >= 0.3 is 0 Å². The Balaban J connectivity index is 1.31. The molecule has 176 valence electrons. The summed E-state index contributed by atoms with van der Waals surface area (Å²) in [5.74, 6) is -0.757. The van der Waals surface area contributed by atoms with Gasteiger partial charge in [0.2, 0.25) is 11.8 Å². The molecule has 3 aromatic rings. The number of carbonyl (C=O) groups is 3. The van der Waals surface area contributed by atoms with Crippen LogP contribution in [0.3, 0.4) is 0 Å². The Kier molecular flexibility index (Phi) is 7.64. The van der Waals surface area contributed by atoms with E-state index in [1.165, 1.54) is 11.2 Å². The van der Waals surface area contributed by atoms with Crippen molar-refractivity contribution < 1.29 is 14.4 Å². The van der Waals surface area contributed by atoms with Gasteiger partial charge in [0.1, 0.15) is 18.7 Å². The lowest BCUT2D eigenvalue weighted by Crippen LogP contribution is -2.50. The summed E-state index contributed by atoms with van der Waals surface area (Å²) in [6, 6.07) is 16.6. The van der Waals surface area contributed by atoms with Crippen LogP contribution >= 0.6 is 0 Å². The largest absolute Gasteiger partial charge is 0.353 e. The molecule has 0 spiro atoms. The van der Waals surface area contributed by atoms with Crippen molar-refractivity contribution >= 4 is 17.7 Å². The summed E-state index contributed by atoms with van der Waals surface area (Å²) in [5.41, 5.74) is 2.58. The summed E-state index contributed by atoms with van der Waals surface area (Å²) >= 11 is 0. The Morgan fingerprint density at radius 1 is 1.00 bits per heavy atom. The molecule has 0 radical (unpaired) electrons. The van der Waals surface area contributed by atoms with Gasteiger partial charge in [0.15, 0.2) is 0 Å². The lowest BCUT2D eigenvalue weighted by molar-refractivity contribution is -0.137. The van der Waals surface area contributed by atoms with Gasteiger partial charge in [-0.2, -0.15) is 5.10 Å². The second kappa shape index (κ2) is 11.2. The number of nitrogens with zero attached hydrogens (tertiary/aromatic N) is 4. The maximum atomic E-state index is 13.1. The molecule has 3 amide bonds. The van der Waals surface area contributed by atoms with E-state index in [9.17, 15) is 14.4 Å². The van der Waals surface area contributed by atoms with E-state index in [0.29, 0.717) is 31.6 Å². The first-order valence-corrected chi connectivity index (χ1v) is 11.4. The highest BCUT2D eigenvalue weighted by Gasteiger charge is 2.29.